The Bertz CT molecular complexity index is 1270. The minimum atomic E-state index is -0.481. The van der Waals surface area contributed by atoms with E-state index in [1.807, 2.05) is 29.9 Å². The lowest BCUT2D eigenvalue weighted by Crippen LogP contribution is -2.19. The van der Waals surface area contributed by atoms with Crippen molar-refractivity contribution in [3.63, 3.8) is 0 Å². The maximum Gasteiger partial charge on any atom is 0.257 e. The van der Waals surface area contributed by atoms with E-state index in [9.17, 15) is 9.18 Å². The van der Waals surface area contributed by atoms with Crippen molar-refractivity contribution in [2.45, 2.75) is 33.2 Å². The average Bonchev–Trinajstić information content (AvgIpc) is 3.53. The van der Waals surface area contributed by atoms with E-state index in [2.05, 4.69) is 26.0 Å². The van der Waals surface area contributed by atoms with E-state index in [4.69, 9.17) is 0 Å². The molecule has 1 saturated heterocycles. The zero-order chi connectivity index (χ0) is 22.8. The van der Waals surface area contributed by atoms with Crippen LogP contribution in [-0.2, 0) is 6.54 Å². The summed E-state index contributed by atoms with van der Waals surface area (Å²) < 4.78 is 17.8. The second-order valence-corrected chi connectivity index (χ2v) is 7.72. The van der Waals surface area contributed by atoms with Crippen LogP contribution in [-0.4, -0.2) is 45.2 Å². The lowest BCUT2D eigenvalue weighted by molar-refractivity contribution is 0.102. The molecule has 9 heteroatoms. The SMILES string of the molecule is CCn1cc2c(N3CCCC3)ccc(C(=O)Nc3cc(F)c4nc(C)cn4c3)c2n1.CN. The third-order valence-corrected chi connectivity index (χ3v) is 5.60. The van der Waals surface area contributed by atoms with Gasteiger partial charge < -0.3 is 20.4 Å². The summed E-state index contributed by atoms with van der Waals surface area (Å²) in [7, 11) is 1.50. The quantitative estimate of drug-likeness (QED) is 0.509. The van der Waals surface area contributed by atoms with E-state index in [0.29, 0.717) is 22.5 Å². The number of fused-ring (bicyclic) bond motifs is 2. The predicted octanol–water partition coefficient (Wildman–Crippen LogP) is 3.58. The smallest absolute Gasteiger partial charge is 0.257 e. The molecule has 1 amide bonds. The van der Waals surface area contributed by atoms with Gasteiger partial charge in [-0.1, -0.05) is 0 Å². The van der Waals surface area contributed by atoms with Crippen molar-refractivity contribution in [2.24, 2.45) is 5.73 Å². The van der Waals surface area contributed by atoms with Gasteiger partial charge in [-0.3, -0.25) is 9.48 Å². The van der Waals surface area contributed by atoms with Crippen LogP contribution >= 0.6 is 0 Å². The number of carbonyl (C=O) groups excluding carboxylic acids is 1. The molecule has 5 rings (SSSR count). The first-order valence-corrected chi connectivity index (χ1v) is 10.8. The van der Waals surface area contributed by atoms with E-state index in [1.165, 1.54) is 26.0 Å². The van der Waals surface area contributed by atoms with Crippen molar-refractivity contribution in [3.8, 4) is 0 Å². The standard InChI is InChI=1S/C22H23FN6O.CH5N/c1-3-29-13-17-19(27-8-4-5-9-27)7-6-16(20(17)26-29)22(30)25-15-10-18(23)21-24-14(2)11-28(21)12-15;1-2/h6-7,10-13H,3-5,8-9H2,1-2H3,(H,25,30);2H2,1H3. The third-order valence-electron chi connectivity index (χ3n) is 5.60. The molecule has 32 heavy (non-hydrogen) atoms. The molecule has 168 valence electrons. The minimum Gasteiger partial charge on any atom is -0.371 e. The van der Waals surface area contributed by atoms with Gasteiger partial charge >= 0.3 is 0 Å². The molecular weight excluding hydrogens is 409 g/mol. The van der Waals surface area contributed by atoms with Gasteiger partial charge in [0.2, 0.25) is 0 Å². The van der Waals surface area contributed by atoms with Gasteiger partial charge in [-0.05, 0) is 45.9 Å². The second-order valence-electron chi connectivity index (χ2n) is 7.72. The maximum atomic E-state index is 14.4. The zero-order valence-corrected chi connectivity index (χ0v) is 18.6. The average molecular weight is 438 g/mol. The molecule has 1 aromatic carbocycles. The van der Waals surface area contributed by atoms with Crippen LogP contribution in [0.1, 0.15) is 35.8 Å². The van der Waals surface area contributed by atoms with E-state index in [-0.39, 0.29) is 11.6 Å². The molecule has 3 N–H and O–H groups in total. The Hall–Kier alpha value is -3.46. The number of aryl methyl sites for hydroxylation is 2. The third kappa shape index (κ3) is 3.91. The van der Waals surface area contributed by atoms with Crippen LogP contribution in [0.5, 0.6) is 0 Å². The van der Waals surface area contributed by atoms with Gasteiger partial charge in [-0.25, -0.2) is 9.37 Å². The van der Waals surface area contributed by atoms with Gasteiger partial charge in [0.05, 0.1) is 16.9 Å². The molecule has 0 saturated carbocycles. The number of hydrogen-bond donors (Lipinski definition) is 2. The molecule has 1 aliphatic heterocycles. The van der Waals surface area contributed by atoms with E-state index in [1.54, 1.807) is 23.7 Å². The molecule has 0 radical (unpaired) electrons. The predicted molar refractivity (Wildman–Crippen MR) is 125 cm³/mol. The summed E-state index contributed by atoms with van der Waals surface area (Å²) >= 11 is 0. The number of carbonyl (C=O) groups is 1. The van der Waals surface area contributed by atoms with Crippen LogP contribution in [0.25, 0.3) is 16.6 Å². The highest BCUT2D eigenvalue weighted by Crippen LogP contribution is 2.31. The van der Waals surface area contributed by atoms with E-state index < -0.39 is 5.82 Å². The Kier molecular flexibility index (Phi) is 6.09. The number of imidazole rings is 1. The first kappa shape index (κ1) is 21.8. The number of benzene rings is 1. The number of rotatable bonds is 4. The Balaban J connectivity index is 0.00000119. The summed E-state index contributed by atoms with van der Waals surface area (Å²) in [5.41, 5.74) is 8.07. The van der Waals surface area contributed by atoms with Crippen LogP contribution in [0.4, 0.5) is 15.8 Å². The molecule has 8 nitrogen and oxygen atoms in total. The topological polar surface area (TPSA) is 93.5 Å². The number of pyridine rings is 1. The van der Waals surface area contributed by atoms with E-state index >= 15 is 0 Å². The van der Waals surface area contributed by atoms with Gasteiger partial charge in [0.25, 0.3) is 5.91 Å². The fraction of sp³-hybridized carbons (Fsp3) is 0.348. The monoisotopic (exact) mass is 437 g/mol. The van der Waals surface area contributed by atoms with Crippen molar-refractivity contribution < 1.29 is 9.18 Å². The number of nitrogens with zero attached hydrogens (tertiary/aromatic N) is 5. The molecule has 0 atom stereocenters. The summed E-state index contributed by atoms with van der Waals surface area (Å²) in [4.78, 5) is 19.6. The Morgan fingerprint density at radius 2 is 1.94 bits per heavy atom. The molecule has 0 unspecified atom stereocenters. The number of nitrogens with two attached hydrogens (primary N) is 1. The summed E-state index contributed by atoms with van der Waals surface area (Å²) in [6, 6.07) is 5.10. The number of anilines is 2. The zero-order valence-electron chi connectivity index (χ0n) is 18.6. The summed E-state index contributed by atoms with van der Waals surface area (Å²) in [6.07, 6.45) is 7.73. The highest BCUT2D eigenvalue weighted by molar-refractivity contribution is 6.13. The van der Waals surface area contributed by atoms with Crippen LogP contribution in [0.15, 0.2) is 36.8 Å². The maximum absolute atomic E-state index is 14.4. The molecule has 0 bridgehead atoms. The summed E-state index contributed by atoms with van der Waals surface area (Å²) in [5, 5.41) is 8.43. The van der Waals surface area contributed by atoms with Crippen LogP contribution in [0.3, 0.4) is 0 Å². The number of aromatic nitrogens is 4. The van der Waals surface area contributed by atoms with Crippen molar-refractivity contribution in [1.29, 1.82) is 0 Å². The van der Waals surface area contributed by atoms with Gasteiger partial charge in [0.1, 0.15) is 5.52 Å². The Morgan fingerprint density at radius 3 is 2.66 bits per heavy atom. The van der Waals surface area contributed by atoms with Crippen molar-refractivity contribution in [2.75, 3.05) is 30.4 Å². The molecular formula is C23H28FN7O. The van der Waals surface area contributed by atoms with Gasteiger partial charge in [0.15, 0.2) is 11.5 Å². The van der Waals surface area contributed by atoms with Crippen molar-refractivity contribution in [3.05, 3.63) is 53.9 Å². The number of hydrogen-bond acceptors (Lipinski definition) is 5. The fourth-order valence-electron chi connectivity index (χ4n) is 4.16. The van der Waals surface area contributed by atoms with Crippen LogP contribution in [0, 0.1) is 12.7 Å². The summed E-state index contributed by atoms with van der Waals surface area (Å²) in [5.74, 6) is -0.796. The molecule has 1 fully saturated rings. The summed E-state index contributed by atoms with van der Waals surface area (Å²) in [6.45, 7) is 6.57. The molecule has 4 aromatic rings. The number of halogens is 1. The Labute approximate surface area is 185 Å². The molecule has 3 aromatic heterocycles. The van der Waals surface area contributed by atoms with Crippen LogP contribution in [0.2, 0.25) is 0 Å². The number of nitrogens with one attached hydrogen (secondary N) is 1. The highest BCUT2D eigenvalue weighted by Gasteiger charge is 2.21. The lowest BCUT2D eigenvalue weighted by Gasteiger charge is -2.19. The fourth-order valence-corrected chi connectivity index (χ4v) is 4.16. The van der Waals surface area contributed by atoms with Gasteiger partial charge in [-0.2, -0.15) is 5.10 Å². The number of amides is 1. The normalized spacial score (nSPS) is 13.5. The van der Waals surface area contributed by atoms with Crippen molar-refractivity contribution >= 4 is 33.8 Å². The van der Waals surface area contributed by atoms with Gasteiger partial charge in [0, 0.05) is 55.4 Å². The van der Waals surface area contributed by atoms with Crippen LogP contribution < -0.4 is 16.0 Å². The highest BCUT2D eigenvalue weighted by atomic mass is 19.1. The minimum absolute atomic E-state index is 0.240. The molecule has 0 spiro atoms. The van der Waals surface area contributed by atoms with Gasteiger partial charge in [-0.15, -0.1) is 0 Å². The first-order valence-electron chi connectivity index (χ1n) is 10.8. The largest absolute Gasteiger partial charge is 0.371 e. The Morgan fingerprint density at radius 1 is 1.19 bits per heavy atom. The lowest BCUT2D eigenvalue weighted by atomic mass is 10.1. The first-order chi connectivity index (χ1) is 15.5. The molecule has 4 heterocycles. The molecule has 0 aliphatic carbocycles. The van der Waals surface area contributed by atoms with Crippen molar-refractivity contribution in [1.82, 2.24) is 19.2 Å². The second kappa shape index (κ2) is 8.96. The van der Waals surface area contributed by atoms with E-state index in [0.717, 1.165) is 30.7 Å². The molecule has 1 aliphatic rings.